The van der Waals surface area contributed by atoms with E-state index in [1.165, 1.54) is 6.92 Å². The van der Waals surface area contributed by atoms with E-state index in [4.69, 9.17) is 9.26 Å². The van der Waals surface area contributed by atoms with Crippen LogP contribution in [0.25, 0.3) is 22.6 Å². The molecule has 30 heavy (non-hydrogen) atoms. The van der Waals surface area contributed by atoms with E-state index in [9.17, 15) is 9.59 Å². The average Bonchev–Trinajstić information content (AvgIpc) is 3.44. The van der Waals surface area contributed by atoms with E-state index in [0.717, 1.165) is 53.0 Å². The van der Waals surface area contributed by atoms with E-state index >= 15 is 0 Å². The topological polar surface area (TPSA) is 113 Å². The number of carbonyl (C=O) groups excluding carboxylic acids is 2. The van der Waals surface area contributed by atoms with Gasteiger partial charge in [-0.25, -0.2) is 4.79 Å². The molecule has 5 rings (SSSR count). The van der Waals surface area contributed by atoms with Crippen LogP contribution in [0.3, 0.4) is 0 Å². The van der Waals surface area contributed by atoms with Crippen molar-refractivity contribution in [1.29, 1.82) is 0 Å². The minimum absolute atomic E-state index is 0.145. The summed E-state index contributed by atoms with van der Waals surface area (Å²) >= 11 is 0. The van der Waals surface area contributed by atoms with Crippen LogP contribution >= 0.6 is 0 Å². The monoisotopic (exact) mass is 407 g/mol. The van der Waals surface area contributed by atoms with E-state index in [2.05, 4.69) is 20.7 Å². The minimum Gasteiger partial charge on any atom is -0.442 e. The molecule has 1 atom stereocenters. The van der Waals surface area contributed by atoms with Crippen molar-refractivity contribution in [1.82, 2.24) is 20.7 Å². The summed E-state index contributed by atoms with van der Waals surface area (Å²) in [4.78, 5) is 25.1. The van der Waals surface area contributed by atoms with Crippen LogP contribution in [-0.2, 0) is 22.4 Å². The van der Waals surface area contributed by atoms with Crippen molar-refractivity contribution in [2.75, 3.05) is 18.0 Å². The summed E-state index contributed by atoms with van der Waals surface area (Å²) in [7, 11) is 0. The van der Waals surface area contributed by atoms with E-state index in [1.54, 1.807) is 17.2 Å². The number of anilines is 1. The first-order valence-electron chi connectivity index (χ1n) is 9.94. The fourth-order valence-electron chi connectivity index (χ4n) is 4.12. The van der Waals surface area contributed by atoms with Crippen LogP contribution in [0.15, 0.2) is 35.0 Å². The van der Waals surface area contributed by atoms with Crippen molar-refractivity contribution in [3.63, 3.8) is 0 Å². The Hall–Kier alpha value is -3.62. The summed E-state index contributed by atoms with van der Waals surface area (Å²) in [6.45, 7) is 2.15. The zero-order valence-electron chi connectivity index (χ0n) is 16.5. The summed E-state index contributed by atoms with van der Waals surface area (Å²) in [6, 6.07) is 7.79. The SMILES string of the molecule is CC(=O)NC[C@H]1CN(c2ccc3c(c2)CCCc2[nH]nc(-c4ccno4)c2-3)C(=O)O1. The Bertz CT molecular complexity index is 1100. The minimum atomic E-state index is -0.398. The van der Waals surface area contributed by atoms with Gasteiger partial charge < -0.3 is 14.6 Å². The van der Waals surface area contributed by atoms with Crippen molar-refractivity contribution in [2.24, 2.45) is 0 Å². The fraction of sp³-hybridized carbons (Fsp3) is 0.333. The van der Waals surface area contributed by atoms with E-state index in [1.807, 2.05) is 18.2 Å². The van der Waals surface area contributed by atoms with Crippen molar-refractivity contribution >= 4 is 17.7 Å². The summed E-state index contributed by atoms with van der Waals surface area (Å²) < 4.78 is 10.7. The number of hydrogen-bond acceptors (Lipinski definition) is 6. The molecule has 0 radical (unpaired) electrons. The number of carbonyl (C=O) groups is 2. The highest BCUT2D eigenvalue weighted by Crippen LogP contribution is 2.40. The second-order valence-corrected chi connectivity index (χ2v) is 7.55. The van der Waals surface area contributed by atoms with Gasteiger partial charge in [-0.2, -0.15) is 5.10 Å². The number of fused-ring (bicyclic) bond motifs is 3. The number of aromatic amines is 1. The molecule has 9 heteroatoms. The Balaban J connectivity index is 1.47. The van der Waals surface area contributed by atoms with E-state index < -0.39 is 6.09 Å². The highest BCUT2D eigenvalue weighted by atomic mass is 16.6. The van der Waals surface area contributed by atoms with Crippen LogP contribution < -0.4 is 10.2 Å². The maximum atomic E-state index is 12.4. The van der Waals surface area contributed by atoms with Crippen LogP contribution in [0.1, 0.15) is 24.6 Å². The van der Waals surface area contributed by atoms with Gasteiger partial charge in [0.1, 0.15) is 11.8 Å². The number of amides is 2. The molecule has 1 aliphatic heterocycles. The molecule has 0 saturated carbocycles. The molecule has 1 aromatic carbocycles. The lowest BCUT2D eigenvalue weighted by molar-refractivity contribution is -0.119. The van der Waals surface area contributed by atoms with Gasteiger partial charge in [-0.3, -0.25) is 14.8 Å². The number of H-pyrrole nitrogens is 1. The fourth-order valence-corrected chi connectivity index (χ4v) is 4.12. The number of rotatable bonds is 4. The first-order chi connectivity index (χ1) is 14.6. The first kappa shape index (κ1) is 18.4. The zero-order valence-corrected chi connectivity index (χ0v) is 16.5. The van der Waals surface area contributed by atoms with Gasteiger partial charge in [0.05, 0.1) is 19.3 Å². The van der Waals surface area contributed by atoms with E-state index in [-0.39, 0.29) is 12.0 Å². The molecule has 3 heterocycles. The number of ether oxygens (including phenoxy) is 1. The molecular weight excluding hydrogens is 386 g/mol. The number of hydrogen-bond donors (Lipinski definition) is 2. The van der Waals surface area contributed by atoms with Crippen molar-refractivity contribution < 1.29 is 18.8 Å². The standard InChI is InChI=1S/C21H21N5O4/c1-12(27)22-10-15-11-26(21(28)29-15)14-5-6-16-13(9-14)3-2-4-17-19(16)20(25-24-17)18-7-8-23-30-18/h5-9,15H,2-4,10-11H2,1H3,(H,22,27)(H,24,25)/t15-/m0/s1. The average molecular weight is 407 g/mol. The van der Waals surface area contributed by atoms with Gasteiger partial charge in [0.15, 0.2) is 5.76 Å². The summed E-state index contributed by atoms with van der Waals surface area (Å²) in [5.41, 5.74) is 5.86. The third kappa shape index (κ3) is 3.22. The lowest BCUT2D eigenvalue weighted by atomic mass is 9.96. The first-order valence-corrected chi connectivity index (χ1v) is 9.94. The Morgan fingerprint density at radius 2 is 2.23 bits per heavy atom. The molecule has 1 saturated heterocycles. The lowest BCUT2D eigenvalue weighted by Gasteiger charge is -2.16. The van der Waals surface area contributed by atoms with Gasteiger partial charge in [0, 0.05) is 29.9 Å². The molecule has 1 fully saturated rings. The van der Waals surface area contributed by atoms with Gasteiger partial charge in [0.2, 0.25) is 5.91 Å². The Morgan fingerprint density at radius 3 is 3.03 bits per heavy atom. The quantitative estimate of drug-likeness (QED) is 0.687. The van der Waals surface area contributed by atoms with Gasteiger partial charge in [-0.05, 0) is 42.5 Å². The largest absolute Gasteiger partial charge is 0.442 e. The molecule has 2 aliphatic rings. The van der Waals surface area contributed by atoms with Crippen LogP contribution in [0.4, 0.5) is 10.5 Å². The summed E-state index contributed by atoms with van der Waals surface area (Å²) in [5, 5.41) is 14.1. The van der Waals surface area contributed by atoms with Gasteiger partial charge in [0.25, 0.3) is 0 Å². The number of aryl methyl sites for hydroxylation is 2. The van der Waals surface area contributed by atoms with Crippen LogP contribution in [0.5, 0.6) is 0 Å². The molecule has 3 aromatic rings. The Kier molecular flexibility index (Phi) is 4.50. The molecule has 0 unspecified atom stereocenters. The predicted octanol–water partition coefficient (Wildman–Crippen LogP) is 2.68. The number of aromatic nitrogens is 3. The molecule has 0 bridgehead atoms. The maximum absolute atomic E-state index is 12.4. The molecule has 2 N–H and O–H groups in total. The zero-order chi connectivity index (χ0) is 20.7. The van der Waals surface area contributed by atoms with E-state index in [0.29, 0.717) is 18.8 Å². The number of nitrogens with zero attached hydrogens (tertiary/aromatic N) is 3. The predicted molar refractivity (Wildman–Crippen MR) is 108 cm³/mol. The van der Waals surface area contributed by atoms with Crippen LogP contribution in [0.2, 0.25) is 0 Å². The second-order valence-electron chi connectivity index (χ2n) is 7.55. The molecular formula is C21H21N5O4. The van der Waals surface area contributed by atoms with Crippen molar-refractivity contribution in [3.8, 4) is 22.6 Å². The molecule has 9 nitrogen and oxygen atoms in total. The summed E-state index contributed by atoms with van der Waals surface area (Å²) in [6.07, 6.45) is 3.58. The van der Waals surface area contributed by atoms with Crippen molar-refractivity contribution in [3.05, 3.63) is 41.7 Å². The third-order valence-electron chi connectivity index (χ3n) is 5.51. The van der Waals surface area contributed by atoms with Gasteiger partial charge in [-0.1, -0.05) is 11.2 Å². The second kappa shape index (κ2) is 7.33. The van der Waals surface area contributed by atoms with Crippen LogP contribution in [0, 0.1) is 0 Å². The smallest absolute Gasteiger partial charge is 0.414 e. The molecule has 1 aliphatic carbocycles. The number of cyclic esters (lactones) is 1. The highest BCUT2D eigenvalue weighted by Gasteiger charge is 2.33. The Morgan fingerprint density at radius 1 is 1.33 bits per heavy atom. The number of benzene rings is 1. The maximum Gasteiger partial charge on any atom is 0.414 e. The van der Waals surface area contributed by atoms with Crippen LogP contribution in [-0.4, -0.2) is 46.5 Å². The lowest BCUT2D eigenvalue weighted by Crippen LogP contribution is -2.33. The molecule has 2 amide bonds. The third-order valence-corrected chi connectivity index (χ3v) is 5.51. The highest BCUT2D eigenvalue weighted by molar-refractivity contribution is 5.91. The molecule has 154 valence electrons. The van der Waals surface area contributed by atoms with Crippen molar-refractivity contribution in [2.45, 2.75) is 32.3 Å². The van der Waals surface area contributed by atoms with Gasteiger partial charge in [-0.15, -0.1) is 0 Å². The molecule has 2 aromatic heterocycles. The number of nitrogens with one attached hydrogen (secondary N) is 2. The summed E-state index contributed by atoms with van der Waals surface area (Å²) in [5.74, 6) is 0.473. The molecule has 0 spiro atoms. The van der Waals surface area contributed by atoms with Gasteiger partial charge >= 0.3 is 6.09 Å². The normalized spacial score (nSPS) is 17.8. The Labute approximate surface area is 172 Å².